The van der Waals surface area contributed by atoms with E-state index in [0.29, 0.717) is 5.95 Å². The normalized spacial score (nSPS) is 11.8. The lowest BCUT2D eigenvalue weighted by Crippen LogP contribution is -2.04. The maximum atomic E-state index is 5.34. The molecule has 0 N–H and O–H groups in total. The van der Waals surface area contributed by atoms with Crippen molar-refractivity contribution in [2.45, 2.75) is 0 Å². The maximum Gasteiger partial charge on any atom is 0.235 e. The van der Waals surface area contributed by atoms with Crippen LogP contribution >= 0.6 is 11.3 Å². The molecule has 63 heavy (non-hydrogen) atoms. The van der Waals surface area contributed by atoms with E-state index in [1.807, 2.05) is 35.9 Å². The summed E-state index contributed by atoms with van der Waals surface area (Å²) in [6, 6.07) is 68.6. The van der Waals surface area contributed by atoms with Crippen molar-refractivity contribution < 1.29 is 0 Å². The molecule has 0 bridgehead atoms. The molecule has 7 aromatic carbocycles. The van der Waals surface area contributed by atoms with E-state index in [1.54, 1.807) is 0 Å². The highest BCUT2D eigenvalue weighted by Crippen LogP contribution is 2.40. The van der Waals surface area contributed by atoms with Gasteiger partial charge in [0.1, 0.15) is 0 Å². The van der Waals surface area contributed by atoms with Crippen molar-refractivity contribution in [3.8, 4) is 56.7 Å². The predicted molar refractivity (Wildman–Crippen MR) is 261 cm³/mol. The fourth-order valence-corrected chi connectivity index (χ4v) is 10.4. The zero-order chi connectivity index (χ0) is 41.4. The van der Waals surface area contributed by atoms with Crippen molar-refractivity contribution in [3.63, 3.8) is 0 Å². The number of thiophene rings is 1. The first kappa shape index (κ1) is 35.5. The Morgan fingerprint density at radius 3 is 1.68 bits per heavy atom. The molecule has 0 saturated carbocycles. The van der Waals surface area contributed by atoms with E-state index in [2.05, 4.69) is 196 Å². The zero-order valence-corrected chi connectivity index (χ0v) is 34.5. The monoisotopic (exact) mass is 822 g/mol. The number of fused-ring (bicyclic) bond motifs is 9. The molecular formula is C56H34N6S. The van der Waals surface area contributed by atoms with E-state index in [0.717, 1.165) is 78.0 Å². The van der Waals surface area contributed by atoms with Crippen LogP contribution in [0.1, 0.15) is 0 Å². The molecule has 13 rings (SSSR count). The first-order valence-electron chi connectivity index (χ1n) is 21.0. The standard InChI is InChI=1S/C56H34N6S/c1-3-12-35(13-4-1)48-33-49(36-14-5-2-6-15-36)60-56(59-48)62-51-21-10-8-17-41(51)43-30-37(23-26-52(43)62)46-18-11-19-47(58-46)38-22-25-42-40-16-7-9-20-50(40)61(53(42)31-38)39-24-27-54-44(32-39)45-34-57-29-28-55(45)63-54/h1-34H. The molecular weight excluding hydrogens is 789 g/mol. The van der Waals surface area contributed by atoms with Crippen molar-refractivity contribution >= 4 is 75.1 Å². The molecule has 0 spiro atoms. The summed E-state index contributed by atoms with van der Waals surface area (Å²) in [6.45, 7) is 0. The highest BCUT2D eigenvalue weighted by molar-refractivity contribution is 7.25. The van der Waals surface area contributed by atoms with Crippen LogP contribution in [0.25, 0.3) is 120 Å². The highest BCUT2D eigenvalue weighted by Gasteiger charge is 2.19. The first-order chi connectivity index (χ1) is 31.2. The lowest BCUT2D eigenvalue weighted by Gasteiger charge is -2.12. The number of hydrogen-bond donors (Lipinski definition) is 0. The molecule has 6 aromatic heterocycles. The smallest absolute Gasteiger partial charge is 0.235 e. The summed E-state index contributed by atoms with van der Waals surface area (Å²) >= 11 is 1.81. The van der Waals surface area contributed by atoms with Gasteiger partial charge in [-0.25, -0.2) is 15.0 Å². The topological polar surface area (TPSA) is 61.4 Å². The van der Waals surface area contributed by atoms with Crippen LogP contribution in [0.2, 0.25) is 0 Å². The van der Waals surface area contributed by atoms with Crippen LogP contribution in [0.4, 0.5) is 0 Å². The molecule has 0 radical (unpaired) electrons. The number of hydrogen-bond acceptors (Lipinski definition) is 5. The van der Waals surface area contributed by atoms with E-state index < -0.39 is 0 Å². The minimum absolute atomic E-state index is 0.627. The number of nitrogens with zero attached hydrogens (tertiary/aromatic N) is 6. The van der Waals surface area contributed by atoms with Gasteiger partial charge in [-0.1, -0.05) is 121 Å². The van der Waals surface area contributed by atoms with Crippen molar-refractivity contribution in [1.82, 2.24) is 29.1 Å². The van der Waals surface area contributed by atoms with Crippen LogP contribution in [0, 0.1) is 0 Å². The Hall–Kier alpha value is -8.26. The van der Waals surface area contributed by atoms with Crippen LogP contribution in [0.3, 0.4) is 0 Å². The Balaban J connectivity index is 0.937. The van der Waals surface area contributed by atoms with Gasteiger partial charge in [0.25, 0.3) is 0 Å². The molecule has 6 nitrogen and oxygen atoms in total. The second kappa shape index (κ2) is 14.2. The fraction of sp³-hybridized carbons (Fsp3) is 0. The Morgan fingerprint density at radius 1 is 0.333 bits per heavy atom. The maximum absolute atomic E-state index is 5.34. The third kappa shape index (κ3) is 5.78. The van der Waals surface area contributed by atoms with E-state index >= 15 is 0 Å². The van der Waals surface area contributed by atoms with Gasteiger partial charge in [0, 0.05) is 82.1 Å². The van der Waals surface area contributed by atoms with E-state index in [4.69, 9.17) is 15.0 Å². The second-order valence-corrected chi connectivity index (χ2v) is 17.0. The lowest BCUT2D eigenvalue weighted by molar-refractivity contribution is 0.995. The van der Waals surface area contributed by atoms with Gasteiger partial charge in [-0.15, -0.1) is 11.3 Å². The molecule has 6 heterocycles. The highest BCUT2D eigenvalue weighted by atomic mass is 32.1. The van der Waals surface area contributed by atoms with Crippen LogP contribution in [0.5, 0.6) is 0 Å². The quantitative estimate of drug-likeness (QED) is 0.168. The van der Waals surface area contributed by atoms with Crippen molar-refractivity contribution in [2.75, 3.05) is 0 Å². The Kier molecular flexibility index (Phi) is 7.98. The molecule has 0 aliphatic heterocycles. The number of benzene rings is 7. The van der Waals surface area contributed by atoms with Crippen molar-refractivity contribution in [2.24, 2.45) is 0 Å². The molecule has 0 aliphatic rings. The molecule has 294 valence electrons. The second-order valence-electron chi connectivity index (χ2n) is 15.9. The number of aromatic nitrogens is 6. The van der Waals surface area contributed by atoms with Crippen molar-refractivity contribution in [3.05, 3.63) is 207 Å². The molecule has 7 heteroatoms. The van der Waals surface area contributed by atoms with Gasteiger partial charge in [0.05, 0.1) is 44.8 Å². The average molecular weight is 823 g/mol. The molecule has 13 aromatic rings. The summed E-state index contributed by atoms with van der Waals surface area (Å²) in [7, 11) is 0. The third-order valence-corrected chi connectivity index (χ3v) is 13.4. The van der Waals surface area contributed by atoms with Crippen LogP contribution < -0.4 is 0 Å². The summed E-state index contributed by atoms with van der Waals surface area (Å²) in [6.07, 6.45) is 3.86. The molecule has 0 fully saturated rings. The van der Waals surface area contributed by atoms with Gasteiger partial charge >= 0.3 is 0 Å². The molecule has 0 aliphatic carbocycles. The lowest BCUT2D eigenvalue weighted by atomic mass is 10.0. The first-order valence-corrected chi connectivity index (χ1v) is 21.8. The molecule has 0 atom stereocenters. The number of para-hydroxylation sites is 2. The summed E-state index contributed by atoms with van der Waals surface area (Å²) in [5.74, 6) is 0.627. The SMILES string of the molecule is c1ccc(-c2cc(-c3ccccc3)nc(-n3c4ccccc4c4cc(-c5cccc(-c6ccc7c8ccccc8n(-c8ccc9sc%10ccncc%10c9c8)c7c6)n5)ccc43)n2)cc1. The Bertz CT molecular complexity index is 3860. The minimum atomic E-state index is 0.627. The largest absolute Gasteiger partial charge is 0.309 e. The van der Waals surface area contributed by atoms with E-state index in [1.165, 1.54) is 36.5 Å². The van der Waals surface area contributed by atoms with Gasteiger partial charge < -0.3 is 4.57 Å². The molecule has 0 amide bonds. The van der Waals surface area contributed by atoms with E-state index in [-0.39, 0.29) is 0 Å². The zero-order valence-electron chi connectivity index (χ0n) is 33.7. The van der Waals surface area contributed by atoms with Crippen LogP contribution in [-0.4, -0.2) is 29.1 Å². The van der Waals surface area contributed by atoms with E-state index in [9.17, 15) is 0 Å². The Labute approximate surface area is 365 Å². The van der Waals surface area contributed by atoms with Crippen molar-refractivity contribution in [1.29, 1.82) is 0 Å². The number of rotatable bonds is 6. The fourth-order valence-electron chi connectivity index (χ4n) is 9.31. The van der Waals surface area contributed by atoms with Gasteiger partial charge in [-0.2, -0.15) is 0 Å². The average Bonchev–Trinajstić information content (AvgIpc) is 4.01. The number of pyridine rings is 2. The van der Waals surface area contributed by atoms with Gasteiger partial charge in [-0.05, 0) is 72.8 Å². The van der Waals surface area contributed by atoms with Gasteiger partial charge in [0.2, 0.25) is 5.95 Å². The molecule has 0 saturated heterocycles. The third-order valence-electron chi connectivity index (χ3n) is 12.3. The minimum Gasteiger partial charge on any atom is -0.309 e. The summed E-state index contributed by atoms with van der Waals surface area (Å²) in [4.78, 5) is 20.2. The van der Waals surface area contributed by atoms with Gasteiger partial charge in [0.15, 0.2) is 0 Å². The summed E-state index contributed by atoms with van der Waals surface area (Å²) in [5, 5.41) is 7.08. The summed E-state index contributed by atoms with van der Waals surface area (Å²) < 4.78 is 7.09. The predicted octanol–water partition coefficient (Wildman–Crippen LogP) is 14.5. The molecule has 0 unspecified atom stereocenters. The summed E-state index contributed by atoms with van der Waals surface area (Å²) in [5.41, 5.74) is 13.3. The van der Waals surface area contributed by atoms with Crippen LogP contribution in [-0.2, 0) is 0 Å². The Morgan fingerprint density at radius 2 is 0.937 bits per heavy atom. The van der Waals surface area contributed by atoms with Crippen LogP contribution in [0.15, 0.2) is 207 Å². The van der Waals surface area contributed by atoms with Gasteiger partial charge in [-0.3, -0.25) is 9.55 Å².